The van der Waals surface area contributed by atoms with Crippen LogP contribution in [0.3, 0.4) is 0 Å². The number of halogens is 1. The van der Waals surface area contributed by atoms with Gasteiger partial charge >= 0.3 is 0 Å². The minimum Gasteiger partial charge on any atom is -0.391 e. The average molecular weight is 413 g/mol. The molecular formula is C19H13ClN4O3S. The van der Waals surface area contributed by atoms with Crippen LogP contribution in [0, 0.1) is 10.1 Å². The van der Waals surface area contributed by atoms with E-state index < -0.39 is 4.92 Å². The Balaban J connectivity index is 1.53. The van der Waals surface area contributed by atoms with E-state index in [-0.39, 0.29) is 12.3 Å². The molecule has 2 heterocycles. The number of nitrogens with zero attached hydrogens (tertiary/aromatic N) is 4. The van der Waals surface area contributed by atoms with E-state index in [9.17, 15) is 10.1 Å². The third kappa shape index (κ3) is 3.73. The lowest BCUT2D eigenvalue weighted by Crippen LogP contribution is -1.94. The molecule has 9 heteroatoms. The molecule has 4 rings (SSSR count). The summed E-state index contributed by atoms with van der Waals surface area (Å²) in [6.45, 7) is 0.205. The summed E-state index contributed by atoms with van der Waals surface area (Å²) in [6, 6.07) is 13.6. The smallest absolute Gasteiger partial charge is 0.269 e. The molecule has 4 aromatic rings. The van der Waals surface area contributed by atoms with Gasteiger partial charge in [-0.15, -0.1) is 11.3 Å². The summed E-state index contributed by atoms with van der Waals surface area (Å²) in [5, 5.41) is 17.4. The molecule has 2 aromatic heterocycles. The lowest BCUT2D eigenvalue weighted by atomic mass is 10.1. The summed E-state index contributed by atoms with van der Waals surface area (Å²) in [5.41, 5.74) is 3.33. The number of nitro benzene ring substituents is 1. The average Bonchev–Trinajstić information content (AvgIpc) is 3.28. The lowest BCUT2D eigenvalue weighted by molar-refractivity contribution is -0.384. The second-order valence-corrected chi connectivity index (χ2v) is 7.15. The Bertz CT molecular complexity index is 1150. The second kappa shape index (κ2) is 7.79. The summed E-state index contributed by atoms with van der Waals surface area (Å²) in [6.07, 6.45) is 3.53. The fourth-order valence-corrected chi connectivity index (χ4v) is 3.51. The van der Waals surface area contributed by atoms with E-state index in [2.05, 4.69) is 10.1 Å². The number of oxime groups is 1. The number of rotatable bonds is 6. The van der Waals surface area contributed by atoms with Crippen LogP contribution in [0.2, 0.25) is 5.02 Å². The van der Waals surface area contributed by atoms with E-state index >= 15 is 0 Å². The van der Waals surface area contributed by atoms with Crippen LogP contribution in [-0.4, -0.2) is 20.5 Å². The van der Waals surface area contributed by atoms with E-state index in [1.807, 2.05) is 40.2 Å². The monoisotopic (exact) mass is 412 g/mol. The van der Waals surface area contributed by atoms with E-state index in [0.29, 0.717) is 5.02 Å². The molecule has 0 fully saturated rings. The first-order valence-corrected chi connectivity index (χ1v) is 9.48. The van der Waals surface area contributed by atoms with Gasteiger partial charge in [-0.2, -0.15) is 0 Å². The Kier molecular flexibility index (Phi) is 5.05. The molecule has 28 heavy (non-hydrogen) atoms. The number of benzene rings is 2. The van der Waals surface area contributed by atoms with Gasteiger partial charge in [-0.1, -0.05) is 28.9 Å². The predicted octanol–water partition coefficient (Wildman–Crippen LogP) is 5.18. The highest BCUT2D eigenvalue weighted by atomic mass is 35.5. The van der Waals surface area contributed by atoms with Gasteiger partial charge < -0.3 is 4.84 Å². The molecule has 0 unspecified atom stereocenters. The van der Waals surface area contributed by atoms with E-state index in [1.54, 1.807) is 18.3 Å². The summed E-state index contributed by atoms with van der Waals surface area (Å²) < 4.78 is 1.94. The van der Waals surface area contributed by atoms with Crippen molar-refractivity contribution < 1.29 is 9.76 Å². The Morgan fingerprint density at radius 3 is 2.68 bits per heavy atom. The fourth-order valence-electron chi connectivity index (χ4n) is 2.66. The molecule has 0 aliphatic carbocycles. The lowest BCUT2D eigenvalue weighted by Gasteiger charge is -2.01. The topological polar surface area (TPSA) is 82.0 Å². The molecular weight excluding hydrogens is 400 g/mol. The molecule has 0 N–H and O–H groups in total. The highest BCUT2D eigenvalue weighted by Crippen LogP contribution is 2.26. The van der Waals surface area contributed by atoms with E-state index in [4.69, 9.17) is 16.4 Å². The zero-order valence-corrected chi connectivity index (χ0v) is 15.9. The molecule has 140 valence electrons. The first-order chi connectivity index (χ1) is 13.6. The van der Waals surface area contributed by atoms with Crippen LogP contribution in [0.1, 0.15) is 11.3 Å². The Morgan fingerprint density at radius 1 is 1.21 bits per heavy atom. The molecule has 7 nitrogen and oxygen atoms in total. The highest BCUT2D eigenvalue weighted by molar-refractivity contribution is 7.15. The minimum absolute atomic E-state index is 0.0407. The van der Waals surface area contributed by atoms with Crippen molar-refractivity contribution in [1.29, 1.82) is 0 Å². The van der Waals surface area contributed by atoms with Gasteiger partial charge in [0.15, 0.2) is 4.96 Å². The number of fused-ring (bicyclic) bond motifs is 1. The SMILES string of the molecule is O=[N+]([O-])c1ccc(CO/N=C\c2c(-c3ccc(Cl)cc3)nc3sccn23)cc1. The number of non-ortho nitro benzene ring substituents is 1. The van der Waals surface area contributed by atoms with Crippen molar-refractivity contribution in [3.8, 4) is 11.3 Å². The first-order valence-electron chi connectivity index (χ1n) is 8.22. The normalized spacial score (nSPS) is 11.3. The molecule has 0 amide bonds. The maximum Gasteiger partial charge on any atom is 0.269 e. The van der Waals surface area contributed by atoms with Gasteiger partial charge in [0.05, 0.1) is 22.5 Å². The summed E-state index contributed by atoms with van der Waals surface area (Å²) in [4.78, 5) is 21.1. The molecule has 0 radical (unpaired) electrons. The number of nitro groups is 1. The van der Waals surface area contributed by atoms with Gasteiger partial charge in [0.2, 0.25) is 0 Å². The van der Waals surface area contributed by atoms with Crippen LogP contribution < -0.4 is 0 Å². The quantitative estimate of drug-likeness (QED) is 0.248. The van der Waals surface area contributed by atoms with Crippen molar-refractivity contribution in [3.63, 3.8) is 0 Å². The predicted molar refractivity (Wildman–Crippen MR) is 109 cm³/mol. The van der Waals surface area contributed by atoms with Crippen LogP contribution in [-0.2, 0) is 11.4 Å². The van der Waals surface area contributed by atoms with Crippen LogP contribution in [0.5, 0.6) is 0 Å². The Hall–Kier alpha value is -3.23. The van der Waals surface area contributed by atoms with E-state index in [0.717, 1.165) is 27.5 Å². The van der Waals surface area contributed by atoms with Gasteiger partial charge in [-0.05, 0) is 29.8 Å². The van der Waals surface area contributed by atoms with Crippen LogP contribution in [0.25, 0.3) is 16.2 Å². The Labute approximate surface area is 168 Å². The van der Waals surface area contributed by atoms with Crippen molar-refractivity contribution in [3.05, 3.63) is 86.5 Å². The summed E-state index contributed by atoms with van der Waals surface area (Å²) >= 11 is 7.51. The van der Waals surface area contributed by atoms with Crippen LogP contribution in [0.4, 0.5) is 5.69 Å². The first kappa shape index (κ1) is 18.1. The second-order valence-electron chi connectivity index (χ2n) is 5.84. The molecule has 0 spiro atoms. The number of thiazole rings is 1. The number of hydrogen-bond donors (Lipinski definition) is 0. The summed E-state index contributed by atoms with van der Waals surface area (Å²) in [7, 11) is 0. The van der Waals surface area contributed by atoms with Crippen molar-refractivity contribution in [2.75, 3.05) is 0 Å². The van der Waals surface area contributed by atoms with Gasteiger partial charge in [-0.3, -0.25) is 14.5 Å². The van der Waals surface area contributed by atoms with Gasteiger partial charge in [0.1, 0.15) is 6.61 Å². The molecule has 0 aliphatic rings. The molecule has 0 saturated heterocycles. The standard InChI is InChI=1S/C19H13ClN4O3S/c20-15-5-3-14(4-6-15)18-17(23-9-10-28-19(23)22-18)11-21-27-12-13-1-7-16(8-2-13)24(25)26/h1-11H,12H2/b21-11-. The maximum absolute atomic E-state index is 10.7. The zero-order chi connectivity index (χ0) is 19.5. The molecule has 0 atom stereocenters. The van der Waals surface area contributed by atoms with Crippen molar-refractivity contribution in [2.24, 2.45) is 5.16 Å². The van der Waals surface area contributed by atoms with Crippen LogP contribution in [0.15, 0.2) is 65.3 Å². The van der Waals surface area contributed by atoms with Crippen LogP contribution >= 0.6 is 22.9 Å². The van der Waals surface area contributed by atoms with Gasteiger partial charge in [0.25, 0.3) is 5.69 Å². The largest absolute Gasteiger partial charge is 0.391 e. The van der Waals surface area contributed by atoms with Crippen molar-refractivity contribution >= 4 is 39.8 Å². The van der Waals surface area contributed by atoms with Crippen molar-refractivity contribution in [1.82, 2.24) is 9.38 Å². The third-order valence-electron chi connectivity index (χ3n) is 4.04. The van der Waals surface area contributed by atoms with E-state index in [1.165, 1.54) is 23.5 Å². The fraction of sp³-hybridized carbons (Fsp3) is 0.0526. The number of aromatic nitrogens is 2. The molecule has 2 aromatic carbocycles. The van der Waals surface area contributed by atoms with Gasteiger partial charge in [0, 0.05) is 34.3 Å². The molecule has 0 saturated carbocycles. The van der Waals surface area contributed by atoms with Gasteiger partial charge in [-0.25, -0.2) is 4.98 Å². The number of imidazole rings is 1. The minimum atomic E-state index is -0.438. The Morgan fingerprint density at radius 2 is 1.96 bits per heavy atom. The molecule has 0 aliphatic heterocycles. The third-order valence-corrected chi connectivity index (χ3v) is 5.05. The highest BCUT2D eigenvalue weighted by Gasteiger charge is 2.13. The van der Waals surface area contributed by atoms with Crippen molar-refractivity contribution in [2.45, 2.75) is 6.61 Å². The number of hydrogen-bond acceptors (Lipinski definition) is 6. The zero-order valence-electron chi connectivity index (χ0n) is 14.4. The molecule has 0 bridgehead atoms. The summed E-state index contributed by atoms with van der Waals surface area (Å²) in [5.74, 6) is 0. The maximum atomic E-state index is 10.7.